The van der Waals surface area contributed by atoms with E-state index in [2.05, 4.69) is 5.32 Å². The minimum absolute atomic E-state index is 0.452. The van der Waals surface area contributed by atoms with E-state index in [-0.39, 0.29) is 0 Å². The van der Waals surface area contributed by atoms with Crippen LogP contribution in [-0.4, -0.2) is 19.4 Å². The number of carbonyl (C=O) groups is 1. The fraction of sp³-hybridized carbons (Fsp3) is 0.500. The fourth-order valence-electron chi connectivity index (χ4n) is 1.88. The molecule has 70 valence electrons. The Labute approximate surface area is 77.1 Å². The van der Waals surface area contributed by atoms with Crippen molar-refractivity contribution in [3.63, 3.8) is 0 Å². The molecule has 3 nitrogen and oxygen atoms in total. The molecule has 1 aromatic rings. The van der Waals surface area contributed by atoms with Gasteiger partial charge in [0.1, 0.15) is 0 Å². The van der Waals surface area contributed by atoms with Crippen molar-refractivity contribution in [2.75, 3.05) is 13.1 Å². The van der Waals surface area contributed by atoms with Crippen LogP contribution in [0.25, 0.3) is 0 Å². The van der Waals surface area contributed by atoms with E-state index in [1.54, 1.807) is 6.26 Å². The highest BCUT2D eigenvalue weighted by molar-refractivity contribution is 5.73. The molecule has 1 atom stereocenters. The minimum atomic E-state index is 0.452. The number of nitrogens with one attached hydrogen (secondary N) is 1. The highest BCUT2D eigenvalue weighted by Gasteiger charge is 2.19. The van der Waals surface area contributed by atoms with Gasteiger partial charge in [-0.25, -0.2) is 0 Å². The quantitative estimate of drug-likeness (QED) is 0.700. The Hall–Kier alpha value is -1.09. The largest absolute Gasteiger partial charge is 0.461 e. The van der Waals surface area contributed by atoms with E-state index < -0.39 is 0 Å². The molecule has 1 fully saturated rings. The summed E-state index contributed by atoms with van der Waals surface area (Å²) >= 11 is 0. The van der Waals surface area contributed by atoms with Crippen molar-refractivity contribution >= 4 is 6.29 Å². The van der Waals surface area contributed by atoms with Crippen LogP contribution in [0.4, 0.5) is 0 Å². The van der Waals surface area contributed by atoms with Crippen LogP contribution in [0.1, 0.15) is 34.9 Å². The van der Waals surface area contributed by atoms with E-state index in [9.17, 15) is 4.79 Å². The number of aldehydes is 1. The standard InChI is InChI=1S/C10H13NO2/c12-7-10-9(3-5-13-10)8-2-1-4-11-6-8/h3,5,7-8,11H,1-2,4,6H2. The third-order valence-electron chi connectivity index (χ3n) is 2.57. The first-order chi connectivity index (χ1) is 6.42. The van der Waals surface area contributed by atoms with E-state index >= 15 is 0 Å². The number of hydrogen-bond acceptors (Lipinski definition) is 3. The van der Waals surface area contributed by atoms with Crippen molar-refractivity contribution in [2.24, 2.45) is 0 Å². The van der Waals surface area contributed by atoms with Gasteiger partial charge in [-0.2, -0.15) is 0 Å². The van der Waals surface area contributed by atoms with Crippen molar-refractivity contribution in [1.29, 1.82) is 0 Å². The summed E-state index contributed by atoms with van der Waals surface area (Å²) in [6.45, 7) is 2.05. The van der Waals surface area contributed by atoms with Gasteiger partial charge in [-0.15, -0.1) is 0 Å². The molecule has 0 aliphatic carbocycles. The van der Waals surface area contributed by atoms with E-state index in [1.807, 2.05) is 6.07 Å². The van der Waals surface area contributed by atoms with E-state index in [4.69, 9.17) is 4.42 Å². The Morgan fingerprint density at radius 3 is 3.23 bits per heavy atom. The molecule has 1 aliphatic rings. The van der Waals surface area contributed by atoms with Crippen LogP contribution in [0.15, 0.2) is 16.7 Å². The smallest absolute Gasteiger partial charge is 0.185 e. The van der Waals surface area contributed by atoms with Crippen LogP contribution in [0.2, 0.25) is 0 Å². The molecule has 1 unspecified atom stereocenters. The topological polar surface area (TPSA) is 42.2 Å². The maximum absolute atomic E-state index is 10.6. The summed E-state index contributed by atoms with van der Waals surface area (Å²) in [6, 6.07) is 1.90. The van der Waals surface area contributed by atoms with Crippen molar-refractivity contribution in [1.82, 2.24) is 5.32 Å². The molecule has 1 aliphatic heterocycles. The normalized spacial score (nSPS) is 22.9. The summed E-state index contributed by atoms with van der Waals surface area (Å²) in [5.74, 6) is 0.946. The molecule has 0 aromatic carbocycles. The summed E-state index contributed by atoms with van der Waals surface area (Å²) in [7, 11) is 0. The van der Waals surface area contributed by atoms with Gasteiger partial charge < -0.3 is 9.73 Å². The van der Waals surface area contributed by atoms with E-state index in [0.29, 0.717) is 11.7 Å². The third kappa shape index (κ3) is 1.65. The van der Waals surface area contributed by atoms with Gasteiger partial charge in [0.15, 0.2) is 12.0 Å². The monoisotopic (exact) mass is 179 g/mol. The first-order valence-electron chi connectivity index (χ1n) is 4.65. The maximum atomic E-state index is 10.6. The van der Waals surface area contributed by atoms with Gasteiger partial charge in [-0.05, 0) is 25.5 Å². The highest BCUT2D eigenvalue weighted by atomic mass is 16.3. The first kappa shape index (κ1) is 8.51. The van der Waals surface area contributed by atoms with Crippen LogP contribution in [-0.2, 0) is 0 Å². The van der Waals surface area contributed by atoms with Gasteiger partial charge in [0.05, 0.1) is 6.26 Å². The van der Waals surface area contributed by atoms with Crippen molar-refractivity contribution < 1.29 is 9.21 Å². The minimum Gasteiger partial charge on any atom is -0.461 e. The zero-order valence-electron chi connectivity index (χ0n) is 7.45. The average Bonchev–Trinajstić information content (AvgIpc) is 2.67. The second-order valence-corrected chi connectivity index (χ2v) is 3.40. The predicted octanol–water partition coefficient (Wildman–Crippen LogP) is 1.56. The van der Waals surface area contributed by atoms with Gasteiger partial charge in [0.25, 0.3) is 0 Å². The van der Waals surface area contributed by atoms with Gasteiger partial charge in [0, 0.05) is 18.0 Å². The van der Waals surface area contributed by atoms with Crippen molar-refractivity contribution in [3.8, 4) is 0 Å². The van der Waals surface area contributed by atoms with Crippen LogP contribution in [0, 0.1) is 0 Å². The lowest BCUT2D eigenvalue weighted by Gasteiger charge is -2.21. The molecule has 1 aromatic heterocycles. The molecule has 3 heteroatoms. The molecular weight excluding hydrogens is 166 g/mol. The second kappa shape index (κ2) is 3.75. The molecular formula is C10H13NO2. The zero-order chi connectivity index (χ0) is 9.10. The predicted molar refractivity (Wildman–Crippen MR) is 48.9 cm³/mol. The lowest BCUT2D eigenvalue weighted by Crippen LogP contribution is -2.28. The third-order valence-corrected chi connectivity index (χ3v) is 2.57. The maximum Gasteiger partial charge on any atom is 0.185 e. The summed E-state index contributed by atoms with van der Waals surface area (Å²) in [5, 5.41) is 3.32. The van der Waals surface area contributed by atoms with Gasteiger partial charge >= 0.3 is 0 Å². The Balaban J connectivity index is 2.17. The Morgan fingerprint density at radius 2 is 2.54 bits per heavy atom. The molecule has 0 bridgehead atoms. The summed E-state index contributed by atoms with van der Waals surface area (Å²) in [5.41, 5.74) is 1.06. The molecule has 13 heavy (non-hydrogen) atoms. The van der Waals surface area contributed by atoms with Crippen LogP contribution in [0.5, 0.6) is 0 Å². The van der Waals surface area contributed by atoms with Gasteiger partial charge in [0.2, 0.25) is 0 Å². The van der Waals surface area contributed by atoms with Crippen LogP contribution >= 0.6 is 0 Å². The molecule has 2 heterocycles. The lowest BCUT2D eigenvalue weighted by atomic mass is 9.92. The van der Waals surface area contributed by atoms with E-state index in [0.717, 1.165) is 31.4 Å². The summed E-state index contributed by atoms with van der Waals surface area (Å²) in [6.07, 6.45) is 4.71. The zero-order valence-corrected chi connectivity index (χ0v) is 7.45. The van der Waals surface area contributed by atoms with Crippen molar-refractivity contribution in [2.45, 2.75) is 18.8 Å². The Kier molecular flexibility index (Phi) is 2.45. The number of rotatable bonds is 2. The molecule has 1 N–H and O–H groups in total. The molecule has 0 amide bonds. The molecule has 1 saturated heterocycles. The number of furan rings is 1. The number of carbonyl (C=O) groups excluding carboxylic acids is 1. The number of piperidine rings is 1. The van der Waals surface area contributed by atoms with Crippen molar-refractivity contribution in [3.05, 3.63) is 23.7 Å². The molecule has 0 radical (unpaired) electrons. The molecule has 0 saturated carbocycles. The van der Waals surface area contributed by atoms with Crippen LogP contribution in [0.3, 0.4) is 0 Å². The van der Waals surface area contributed by atoms with Gasteiger partial charge in [-0.3, -0.25) is 4.79 Å². The Bertz CT molecular complexity index is 287. The SMILES string of the molecule is O=Cc1occc1C1CCCNC1. The molecule has 0 spiro atoms. The second-order valence-electron chi connectivity index (χ2n) is 3.40. The lowest BCUT2D eigenvalue weighted by molar-refractivity contribution is 0.109. The summed E-state index contributed by atoms with van der Waals surface area (Å²) < 4.78 is 5.07. The average molecular weight is 179 g/mol. The van der Waals surface area contributed by atoms with E-state index in [1.165, 1.54) is 6.42 Å². The Morgan fingerprint density at radius 1 is 1.62 bits per heavy atom. The summed E-state index contributed by atoms with van der Waals surface area (Å²) in [4.78, 5) is 10.6. The fourth-order valence-corrected chi connectivity index (χ4v) is 1.88. The molecule has 2 rings (SSSR count). The first-order valence-corrected chi connectivity index (χ1v) is 4.65. The van der Waals surface area contributed by atoms with Crippen LogP contribution < -0.4 is 5.32 Å². The number of hydrogen-bond donors (Lipinski definition) is 1. The van der Waals surface area contributed by atoms with Gasteiger partial charge in [-0.1, -0.05) is 0 Å². The highest BCUT2D eigenvalue weighted by Crippen LogP contribution is 2.25.